The maximum Gasteiger partial charge on any atom is 0.226 e. The zero-order valence-corrected chi connectivity index (χ0v) is 11.9. The number of hydrogen-bond acceptors (Lipinski definition) is 3. The largest absolute Gasteiger partial charge is 0.338 e. The summed E-state index contributed by atoms with van der Waals surface area (Å²) >= 11 is 5.82. The standard InChI is InChI=1S/C15H15ClFN3/c1-10-3-2-8-20(10)15-18-7-6-14(19-15)11-4-5-13(17)12(16)9-11/h4-7,9-10H,2-3,8H2,1H3. The van der Waals surface area contributed by atoms with Crippen LogP contribution in [0.15, 0.2) is 30.5 Å². The van der Waals surface area contributed by atoms with Gasteiger partial charge in [-0.15, -0.1) is 0 Å². The van der Waals surface area contributed by atoms with Crippen LogP contribution in [0.3, 0.4) is 0 Å². The Hall–Kier alpha value is -1.68. The molecule has 0 aliphatic carbocycles. The van der Waals surface area contributed by atoms with Gasteiger partial charge in [-0.05, 0) is 44.0 Å². The van der Waals surface area contributed by atoms with Gasteiger partial charge in [0, 0.05) is 24.3 Å². The van der Waals surface area contributed by atoms with Crippen LogP contribution in [0.5, 0.6) is 0 Å². The minimum Gasteiger partial charge on any atom is -0.338 e. The molecule has 0 saturated carbocycles. The van der Waals surface area contributed by atoms with Crippen molar-refractivity contribution < 1.29 is 4.39 Å². The third-order valence-corrected chi connectivity index (χ3v) is 3.96. The van der Waals surface area contributed by atoms with Crippen molar-refractivity contribution in [3.8, 4) is 11.3 Å². The van der Waals surface area contributed by atoms with E-state index >= 15 is 0 Å². The van der Waals surface area contributed by atoms with E-state index in [0.29, 0.717) is 6.04 Å². The number of nitrogens with zero attached hydrogens (tertiary/aromatic N) is 3. The molecule has 0 spiro atoms. The molecule has 0 amide bonds. The van der Waals surface area contributed by atoms with Crippen molar-refractivity contribution in [2.75, 3.05) is 11.4 Å². The van der Waals surface area contributed by atoms with Gasteiger partial charge in [0.25, 0.3) is 0 Å². The van der Waals surface area contributed by atoms with Gasteiger partial charge in [0.05, 0.1) is 10.7 Å². The van der Waals surface area contributed by atoms with E-state index in [0.717, 1.165) is 36.6 Å². The fourth-order valence-corrected chi connectivity index (χ4v) is 2.71. The van der Waals surface area contributed by atoms with Crippen LogP contribution in [0, 0.1) is 5.82 Å². The number of anilines is 1. The molecule has 0 bridgehead atoms. The molecule has 3 rings (SSSR count). The third-order valence-electron chi connectivity index (χ3n) is 3.67. The van der Waals surface area contributed by atoms with Crippen LogP contribution in [-0.2, 0) is 0 Å². The lowest BCUT2D eigenvalue weighted by atomic mass is 10.1. The van der Waals surface area contributed by atoms with Crippen LogP contribution in [0.25, 0.3) is 11.3 Å². The molecule has 2 heterocycles. The monoisotopic (exact) mass is 291 g/mol. The molecule has 1 fully saturated rings. The highest BCUT2D eigenvalue weighted by Crippen LogP contribution is 2.26. The first kappa shape index (κ1) is 13.3. The highest BCUT2D eigenvalue weighted by atomic mass is 35.5. The van der Waals surface area contributed by atoms with E-state index in [1.807, 2.05) is 6.07 Å². The average Bonchev–Trinajstić information content (AvgIpc) is 2.88. The molecule has 1 saturated heterocycles. The molecule has 1 aliphatic rings. The van der Waals surface area contributed by atoms with Gasteiger partial charge in [0.1, 0.15) is 5.82 Å². The smallest absolute Gasteiger partial charge is 0.226 e. The molecule has 1 atom stereocenters. The normalized spacial score (nSPS) is 18.6. The molecule has 104 valence electrons. The van der Waals surface area contributed by atoms with Crippen LogP contribution in [0.4, 0.5) is 10.3 Å². The minimum absolute atomic E-state index is 0.109. The summed E-state index contributed by atoms with van der Waals surface area (Å²) in [6.07, 6.45) is 4.06. The summed E-state index contributed by atoms with van der Waals surface area (Å²) in [5, 5.41) is 0.109. The van der Waals surface area contributed by atoms with Gasteiger partial charge in [0.15, 0.2) is 0 Å². The first-order chi connectivity index (χ1) is 9.65. The van der Waals surface area contributed by atoms with Crippen LogP contribution in [-0.4, -0.2) is 22.6 Å². The second kappa shape index (κ2) is 5.37. The lowest BCUT2D eigenvalue weighted by molar-refractivity contribution is 0.628. The number of benzene rings is 1. The predicted octanol–water partition coefficient (Wildman–Crippen LogP) is 3.92. The number of halogens is 2. The first-order valence-corrected chi connectivity index (χ1v) is 7.08. The van der Waals surface area contributed by atoms with Crippen LogP contribution < -0.4 is 4.90 Å². The van der Waals surface area contributed by atoms with E-state index in [1.165, 1.54) is 6.07 Å². The summed E-state index contributed by atoms with van der Waals surface area (Å²) in [6.45, 7) is 3.16. The van der Waals surface area contributed by atoms with E-state index in [-0.39, 0.29) is 5.02 Å². The van der Waals surface area contributed by atoms with Crippen LogP contribution in [0.1, 0.15) is 19.8 Å². The molecule has 1 aromatic heterocycles. The van der Waals surface area contributed by atoms with Crippen molar-refractivity contribution in [1.29, 1.82) is 0 Å². The quantitative estimate of drug-likeness (QED) is 0.839. The Labute approximate surface area is 122 Å². The number of rotatable bonds is 2. The molecular weight excluding hydrogens is 277 g/mol. The number of aromatic nitrogens is 2. The minimum atomic E-state index is -0.419. The fraction of sp³-hybridized carbons (Fsp3) is 0.333. The summed E-state index contributed by atoms with van der Waals surface area (Å²) in [5.74, 6) is 0.311. The average molecular weight is 292 g/mol. The van der Waals surface area contributed by atoms with Crippen molar-refractivity contribution >= 4 is 17.5 Å². The Morgan fingerprint density at radius 2 is 2.20 bits per heavy atom. The summed E-state index contributed by atoms with van der Waals surface area (Å²) in [4.78, 5) is 11.1. The Kier molecular flexibility index (Phi) is 3.57. The zero-order chi connectivity index (χ0) is 14.1. The van der Waals surface area contributed by atoms with Crippen molar-refractivity contribution in [3.63, 3.8) is 0 Å². The lowest BCUT2D eigenvalue weighted by Crippen LogP contribution is -2.28. The second-order valence-corrected chi connectivity index (χ2v) is 5.46. The summed E-state index contributed by atoms with van der Waals surface area (Å²) < 4.78 is 13.2. The predicted molar refractivity (Wildman–Crippen MR) is 78.5 cm³/mol. The van der Waals surface area contributed by atoms with E-state index in [2.05, 4.69) is 21.8 Å². The van der Waals surface area contributed by atoms with Crippen LogP contribution in [0.2, 0.25) is 5.02 Å². The Morgan fingerprint density at radius 1 is 1.35 bits per heavy atom. The SMILES string of the molecule is CC1CCCN1c1nccc(-c2ccc(F)c(Cl)c2)n1. The summed E-state index contributed by atoms with van der Waals surface area (Å²) in [7, 11) is 0. The molecule has 0 radical (unpaired) electrons. The molecular formula is C15H15ClFN3. The van der Waals surface area contributed by atoms with Gasteiger partial charge in [-0.3, -0.25) is 0 Å². The lowest BCUT2D eigenvalue weighted by Gasteiger charge is -2.21. The van der Waals surface area contributed by atoms with Crippen molar-refractivity contribution in [2.45, 2.75) is 25.8 Å². The van der Waals surface area contributed by atoms with Gasteiger partial charge in [-0.25, -0.2) is 14.4 Å². The highest BCUT2D eigenvalue weighted by molar-refractivity contribution is 6.31. The molecule has 1 aliphatic heterocycles. The second-order valence-electron chi connectivity index (χ2n) is 5.06. The van der Waals surface area contributed by atoms with Gasteiger partial charge in [0.2, 0.25) is 5.95 Å². The molecule has 20 heavy (non-hydrogen) atoms. The van der Waals surface area contributed by atoms with Gasteiger partial charge >= 0.3 is 0 Å². The van der Waals surface area contributed by atoms with E-state index in [1.54, 1.807) is 18.3 Å². The van der Waals surface area contributed by atoms with Gasteiger partial charge in [-0.1, -0.05) is 11.6 Å². The maximum absolute atomic E-state index is 13.2. The molecule has 5 heteroatoms. The van der Waals surface area contributed by atoms with Crippen molar-refractivity contribution in [3.05, 3.63) is 41.3 Å². The molecule has 0 N–H and O–H groups in total. The molecule has 3 nitrogen and oxygen atoms in total. The van der Waals surface area contributed by atoms with Crippen molar-refractivity contribution in [2.24, 2.45) is 0 Å². The van der Waals surface area contributed by atoms with E-state index in [9.17, 15) is 4.39 Å². The van der Waals surface area contributed by atoms with Gasteiger partial charge < -0.3 is 4.90 Å². The maximum atomic E-state index is 13.2. The fourth-order valence-electron chi connectivity index (χ4n) is 2.53. The topological polar surface area (TPSA) is 29.0 Å². The highest BCUT2D eigenvalue weighted by Gasteiger charge is 2.22. The third kappa shape index (κ3) is 2.48. The first-order valence-electron chi connectivity index (χ1n) is 6.70. The molecule has 1 unspecified atom stereocenters. The van der Waals surface area contributed by atoms with Crippen molar-refractivity contribution in [1.82, 2.24) is 9.97 Å². The van der Waals surface area contributed by atoms with Crippen LogP contribution >= 0.6 is 11.6 Å². The molecule has 1 aromatic carbocycles. The number of hydrogen-bond donors (Lipinski definition) is 0. The van der Waals surface area contributed by atoms with E-state index in [4.69, 9.17) is 11.6 Å². The molecule has 2 aromatic rings. The Balaban J connectivity index is 1.96. The Bertz CT molecular complexity index is 632. The zero-order valence-electron chi connectivity index (χ0n) is 11.2. The van der Waals surface area contributed by atoms with Gasteiger partial charge in [-0.2, -0.15) is 0 Å². The summed E-state index contributed by atoms with van der Waals surface area (Å²) in [5.41, 5.74) is 1.56. The summed E-state index contributed by atoms with van der Waals surface area (Å²) in [6, 6.07) is 6.91. The Morgan fingerprint density at radius 3 is 2.90 bits per heavy atom. The van der Waals surface area contributed by atoms with E-state index < -0.39 is 5.82 Å².